The molecule has 1 unspecified atom stereocenters. The number of aliphatic imine (C=N–C) groups is 1. The first-order valence-electron chi connectivity index (χ1n) is 10.8. The van der Waals surface area contributed by atoms with Crippen LogP contribution in [0.25, 0.3) is 0 Å². The van der Waals surface area contributed by atoms with Gasteiger partial charge in [-0.25, -0.2) is 0 Å². The first-order chi connectivity index (χ1) is 14.2. The molecule has 2 aromatic carbocycles. The Morgan fingerprint density at radius 1 is 1.07 bits per heavy atom. The molecule has 2 aromatic rings. The summed E-state index contributed by atoms with van der Waals surface area (Å²) in [7, 11) is 1.82. The van der Waals surface area contributed by atoms with Crippen LogP contribution in [-0.4, -0.2) is 32.7 Å². The maximum Gasteiger partial charge on any atom is 0.191 e. The zero-order valence-corrected chi connectivity index (χ0v) is 20.3. The smallest absolute Gasteiger partial charge is 0.191 e. The fourth-order valence-corrected chi connectivity index (χ4v) is 4.13. The summed E-state index contributed by atoms with van der Waals surface area (Å²) in [4.78, 5) is 6.91. The Bertz CT molecular complexity index is 831. The Balaban J connectivity index is 0.00000256. The van der Waals surface area contributed by atoms with Crippen LogP contribution in [0.15, 0.2) is 53.5 Å². The minimum atomic E-state index is 0. The van der Waals surface area contributed by atoms with E-state index in [1.54, 1.807) is 0 Å². The Morgan fingerprint density at radius 3 is 2.53 bits per heavy atom. The van der Waals surface area contributed by atoms with Crippen molar-refractivity contribution in [3.63, 3.8) is 0 Å². The van der Waals surface area contributed by atoms with Crippen LogP contribution in [0.3, 0.4) is 0 Å². The van der Waals surface area contributed by atoms with Gasteiger partial charge in [0.15, 0.2) is 5.96 Å². The average molecular weight is 520 g/mol. The summed E-state index contributed by atoms with van der Waals surface area (Å²) >= 11 is 0. The third-order valence-corrected chi connectivity index (χ3v) is 6.04. The molecule has 0 radical (unpaired) electrons. The maximum absolute atomic E-state index is 5.76. The van der Waals surface area contributed by atoms with Crippen LogP contribution in [0.2, 0.25) is 0 Å². The topological polar surface area (TPSA) is 48.9 Å². The summed E-state index contributed by atoms with van der Waals surface area (Å²) in [5, 5.41) is 7.00. The van der Waals surface area contributed by atoms with Gasteiger partial charge in [-0.1, -0.05) is 37.3 Å². The van der Waals surface area contributed by atoms with E-state index in [-0.39, 0.29) is 30.0 Å². The van der Waals surface area contributed by atoms with Gasteiger partial charge in [-0.05, 0) is 42.5 Å². The van der Waals surface area contributed by atoms with Crippen LogP contribution < -0.4 is 20.3 Å². The van der Waals surface area contributed by atoms with Gasteiger partial charge in [0.05, 0.1) is 12.6 Å². The van der Waals surface area contributed by atoms with Crippen molar-refractivity contribution >= 4 is 35.6 Å². The van der Waals surface area contributed by atoms with E-state index >= 15 is 0 Å². The van der Waals surface area contributed by atoms with Crippen LogP contribution in [-0.2, 0) is 6.54 Å². The standard InChI is InChI=1S/C24H32N4O.HI/c1-18-11-14-28(15-12-18)20-9-7-19(8-10-20)17-26-24(25-2)27-22-13-16-29-23-6-4-3-5-21(22)23;/h3-10,18,22H,11-17H2,1-2H3,(H2,25,26,27);1H. The van der Waals surface area contributed by atoms with E-state index in [4.69, 9.17) is 4.74 Å². The quantitative estimate of drug-likeness (QED) is 0.348. The lowest BCUT2D eigenvalue weighted by atomic mass is 9.99. The minimum Gasteiger partial charge on any atom is -0.493 e. The van der Waals surface area contributed by atoms with Gasteiger partial charge in [-0.3, -0.25) is 4.99 Å². The third kappa shape index (κ3) is 5.59. The van der Waals surface area contributed by atoms with E-state index in [0.717, 1.165) is 37.2 Å². The molecule has 2 aliphatic rings. The van der Waals surface area contributed by atoms with E-state index in [1.807, 2.05) is 19.2 Å². The molecular weight excluding hydrogens is 487 g/mol. The maximum atomic E-state index is 5.76. The number of nitrogens with one attached hydrogen (secondary N) is 2. The predicted octanol–water partition coefficient (Wildman–Crippen LogP) is 4.73. The van der Waals surface area contributed by atoms with Crippen molar-refractivity contribution in [3.8, 4) is 5.75 Å². The highest BCUT2D eigenvalue weighted by Gasteiger charge is 2.21. The number of guanidine groups is 1. The molecule has 0 spiro atoms. The molecule has 30 heavy (non-hydrogen) atoms. The first-order valence-corrected chi connectivity index (χ1v) is 10.8. The number of para-hydroxylation sites is 1. The molecule has 1 atom stereocenters. The number of fused-ring (bicyclic) bond motifs is 1. The van der Waals surface area contributed by atoms with Gasteiger partial charge in [-0.15, -0.1) is 24.0 Å². The van der Waals surface area contributed by atoms with E-state index < -0.39 is 0 Å². The van der Waals surface area contributed by atoms with Crippen molar-refractivity contribution in [1.82, 2.24) is 10.6 Å². The zero-order valence-electron chi connectivity index (χ0n) is 17.9. The van der Waals surface area contributed by atoms with Gasteiger partial charge >= 0.3 is 0 Å². The van der Waals surface area contributed by atoms with Crippen LogP contribution in [0.1, 0.15) is 43.4 Å². The predicted molar refractivity (Wildman–Crippen MR) is 135 cm³/mol. The van der Waals surface area contributed by atoms with Crippen molar-refractivity contribution in [2.75, 3.05) is 31.6 Å². The third-order valence-electron chi connectivity index (χ3n) is 6.04. The highest BCUT2D eigenvalue weighted by Crippen LogP contribution is 2.31. The molecule has 0 bridgehead atoms. The lowest BCUT2D eigenvalue weighted by molar-refractivity contribution is 0.261. The SMILES string of the molecule is CN=C(NCc1ccc(N2CCC(C)CC2)cc1)NC1CCOc2ccccc21.I. The normalized spacial score (nSPS) is 19.3. The molecule has 4 rings (SSSR count). The van der Waals surface area contributed by atoms with Gasteiger partial charge in [-0.2, -0.15) is 0 Å². The molecule has 5 nitrogen and oxygen atoms in total. The van der Waals surface area contributed by atoms with Gasteiger partial charge in [0.1, 0.15) is 5.75 Å². The molecular formula is C24H33IN4O. The fourth-order valence-electron chi connectivity index (χ4n) is 4.13. The Hall–Kier alpha value is -1.96. The number of ether oxygens (including phenoxy) is 1. The number of anilines is 1. The van der Waals surface area contributed by atoms with Gasteiger partial charge in [0, 0.05) is 44.4 Å². The lowest BCUT2D eigenvalue weighted by Crippen LogP contribution is -2.40. The summed E-state index contributed by atoms with van der Waals surface area (Å²) in [6.07, 6.45) is 3.52. The fraction of sp³-hybridized carbons (Fsp3) is 0.458. The second-order valence-electron chi connectivity index (χ2n) is 8.13. The van der Waals surface area contributed by atoms with E-state index in [1.165, 1.54) is 42.7 Å². The van der Waals surface area contributed by atoms with E-state index in [9.17, 15) is 0 Å². The summed E-state index contributed by atoms with van der Waals surface area (Å²) in [5.74, 6) is 2.65. The van der Waals surface area contributed by atoms with Gasteiger partial charge in [0.2, 0.25) is 0 Å². The van der Waals surface area contributed by atoms with E-state index in [2.05, 4.69) is 63.8 Å². The van der Waals surface area contributed by atoms with Crippen molar-refractivity contribution in [2.24, 2.45) is 10.9 Å². The molecule has 2 heterocycles. The second-order valence-corrected chi connectivity index (χ2v) is 8.13. The summed E-state index contributed by atoms with van der Waals surface area (Å²) < 4.78 is 5.76. The summed E-state index contributed by atoms with van der Waals surface area (Å²) in [5.41, 5.74) is 3.79. The number of hydrogen-bond acceptors (Lipinski definition) is 3. The van der Waals surface area contributed by atoms with Crippen molar-refractivity contribution in [2.45, 2.75) is 38.8 Å². The number of rotatable bonds is 4. The van der Waals surface area contributed by atoms with Crippen LogP contribution in [0.4, 0.5) is 5.69 Å². The van der Waals surface area contributed by atoms with Crippen molar-refractivity contribution in [3.05, 3.63) is 59.7 Å². The van der Waals surface area contributed by atoms with E-state index in [0.29, 0.717) is 0 Å². The minimum absolute atomic E-state index is 0. The van der Waals surface area contributed by atoms with Gasteiger partial charge in [0.25, 0.3) is 0 Å². The molecule has 1 saturated heterocycles. The lowest BCUT2D eigenvalue weighted by Gasteiger charge is -2.32. The second kappa shape index (κ2) is 10.9. The first kappa shape index (κ1) is 22.7. The number of nitrogens with zero attached hydrogens (tertiary/aromatic N) is 2. The Morgan fingerprint density at radius 2 is 1.80 bits per heavy atom. The van der Waals surface area contributed by atoms with Gasteiger partial charge < -0.3 is 20.3 Å². The number of benzene rings is 2. The van der Waals surface area contributed by atoms with Crippen molar-refractivity contribution < 1.29 is 4.74 Å². The van der Waals surface area contributed by atoms with Crippen LogP contribution in [0, 0.1) is 5.92 Å². The highest BCUT2D eigenvalue weighted by molar-refractivity contribution is 14.0. The van der Waals surface area contributed by atoms with Crippen LogP contribution in [0.5, 0.6) is 5.75 Å². The highest BCUT2D eigenvalue weighted by atomic mass is 127. The molecule has 0 aromatic heterocycles. The molecule has 6 heteroatoms. The zero-order chi connectivity index (χ0) is 20.1. The molecule has 1 fully saturated rings. The number of hydrogen-bond donors (Lipinski definition) is 2. The average Bonchev–Trinajstić information content (AvgIpc) is 2.77. The molecule has 0 saturated carbocycles. The molecule has 162 valence electrons. The molecule has 2 aliphatic heterocycles. The molecule has 0 aliphatic carbocycles. The summed E-state index contributed by atoms with van der Waals surface area (Å²) in [6.45, 7) is 6.17. The number of piperidine rings is 1. The van der Waals surface area contributed by atoms with Crippen LogP contribution >= 0.6 is 24.0 Å². The molecule has 0 amide bonds. The summed E-state index contributed by atoms with van der Waals surface area (Å²) in [6, 6.07) is 17.4. The monoisotopic (exact) mass is 520 g/mol. The molecule has 2 N–H and O–H groups in total. The number of halogens is 1. The van der Waals surface area contributed by atoms with Crippen molar-refractivity contribution in [1.29, 1.82) is 0 Å². The largest absolute Gasteiger partial charge is 0.493 e. The Kier molecular flexibility index (Phi) is 8.24. The Labute approximate surface area is 197 Å².